The van der Waals surface area contributed by atoms with Crippen molar-refractivity contribution in [1.29, 1.82) is 0 Å². The van der Waals surface area contributed by atoms with Crippen molar-refractivity contribution in [2.75, 3.05) is 13.2 Å². The molecule has 3 nitrogen and oxygen atoms in total. The minimum absolute atomic E-state index is 0.373. The SMILES string of the molecule is OC(COc1ccc(Br)cc1)CN(C1CCCCC1)C1CCCCC1. The molecular formula is C21H32BrNO2. The number of hydrogen-bond donors (Lipinski definition) is 1. The van der Waals surface area contributed by atoms with Crippen LogP contribution in [0.1, 0.15) is 64.2 Å². The van der Waals surface area contributed by atoms with E-state index in [9.17, 15) is 5.11 Å². The van der Waals surface area contributed by atoms with E-state index in [0.717, 1.165) is 16.8 Å². The fourth-order valence-electron chi connectivity index (χ4n) is 4.44. The van der Waals surface area contributed by atoms with Gasteiger partial charge < -0.3 is 9.84 Å². The molecule has 0 spiro atoms. The highest BCUT2D eigenvalue weighted by molar-refractivity contribution is 9.10. The van der Waals surface area contributed by atoms with Crippen molar-refractivity contribution < 1.29 is 9.84 Å². The first-order valence-corrected chi connectivity index (χ1v) is 10.8. The smallest absolute Gasteiger partial charge is 0.119 e. The van der Waals surface area contributed by atoms with Crippen LogP contribution in [0.3, 0.4) is 0 Å². The van der Waals surface area contributed by atoms with Crippen LogP contribution in [-0.4, -0.2) is 41.3 Å². The van der Waals surface area contributed by atoms with Crippen molar-refractivity contribution in [2.24, 2.45) is 0 Å². The van der Waals surface area contributed by atoms with Crippen LogP contribution in [0.15, 0.2) is 28.7 Å². The summed E-state index contributed by atoms with van der Waals surface area (Å²) in [6.07, 6.45) is 12.9. The van der Waals surface area contributed by atoms with E-state index in [4.69, 9.17) is 4.74 Å². The maximum atomic E-state index is 10.6. The lowest BCUT2D eigenvalue weighted by molar-refractivity contribution is 0.0117. The third-order valence-electron chi connectivity index (χ3n) is 5.77. The predicted octanol–water partition coefficient (Wildman–Crippen LogP) is 5.16. The quantitative estimate of drug-likeness (QED) is 0.674. The summed E-state index contributed by atoms with van der Waals surface area (Å²) in [6, 6.07) is 9.16. The van der Waals surface area contributed by atoms with Gasteiger partial charge in [-0.1, -0.05) is 54.5 Å². The Kier molecular flexibility index (Phi) is 7.63. The average Bonchev–Trinajstić information content (AvgIpc) is 2.67. The number of rotatable bonds is 7. The van der Waals surface area contributed by atoms with E-state index in [1.54, 1.807) is 0 Å². The van der Waals surface area contributed by atoms with Gasteiger partial charge in [-0.25, -0.2) is 0 Å². The summed E-state index contributed by atoms with van der Waals surface area (Å²) in [4.78, 5) is 2.65. The van der Waals surface area contributed by atoms with Gasteiger partial charge in [-0.3, -0.25) is 4.90 Å². The summed E-state index contributed by atoms with van der Waals surface area (Å²) in [6.45, 7) is 1.13. The second kappa shape index (κ2) is 9.94. The van der Waals surface area contributed by atoms with Crippen molar-refractivity contribution in [3.63, 3.8) is 0 Å². The molecule has 1 unspecified atom stereocenters. The van der Waals surface area contributed by atoms with Crippen molar-refractivity contribution in [1.82, 2.24) is 4.90 Å². The lowest BCUT2D eigenvalue weighted by atomic mass is 9.88. The fourth-order valence-corrected chi connectivity index (χ4v) is 4.71. The van der Waals surface area contributed by atoms with Crippen molar-refractivity contribution in [3.8, 4) is 5.75 Å². The first kappa shape index (κ1) is 19.2. The van der Waals surface area contributed by atoms with E-state index in [1.165, 1.54) is 64.2 Å². The highest BCUT2D eigenvalue weighted by atomic mass is 79.9. The first-order chi connectivity index (χ1) is 12.2. The van der Waals surface area contributed by atoms with Gasteiger partial charge in [0.2, 0.25) is 0 Å². The Morgan fingerprint density at radius 3 is 1.96 bits per heavy atom. The number of aliphatic hydroxyl groups excluding tert-OH is 1. The molecule has 2 aliphatic carbocycles. The molecule has 0 aromatic heterocycles. The summed E-state index contributed by atoms with van der Waals surface area (Å²) in [5, 5.41) is 10.6. The van der Waals surface area contributed by atoms with E-state index in [1.807, 2.05) is 24.3 Å². The predicted molar refractivity (Wildman–Crippen MR) is 106 cm³/mol. The van der Waals surface area contributed by atoms with Crippen molar-refractivity contribution >= 4 is 15.9 Å². The summed E-state index contributed by atoms with van der Waals surface area (Å²) < 4.78 is 6.84. The molecule has 1 aromatic rings. The number of nitrogens with zero attached hydrogens (tertiary/aromatic N) is 1. The Hall–Kier alpha value is -0.580. The third-order valence-corrected chi connectivity index (χ3v) is 6.29. The van der Waals surface area contributed by atoms with Gasteiger partial charge in [-0.2, -0.15) is 0 Å². The van der Waals surface area contributed by atoms with Gasteiger partial charge in [0.25, 0.3) is 0 Å². The zero-order valence-electron chi connectivity index (χ0n) is 15.2. The Bertz CT molecular complexity index is 477. The molecule has 0 heterocycles. The minimum atomic E-state index is -0.424. The highest BCUT2D eigenvalue weighted by Crippen LogP contribution is 2.30. The molecular weight excluding hydrogens is 378 g/mol. The molecule has 3 rings (SSSR count). The summed E-state index contributed by atoms with van der Waals surface area (Å²) in [5.74, 6) is 0.823. The van der Waals surface area contributed by atoms with Crippen LogP contribution in [0.2, 0.25) is 0 Å². The molecule has 25 heavy (non-hydrogen) atoms. The van der Waals surface area contributed by atoms with Crippen LogP contribution in [-0.2, 0) is 0 Å². The van der Waals surface area contributed by atoms with E-state index >= 15 is 0 Å². The summed E-state index contributed by atoms with van der Waals surface area (Å²) in [5.41, 5.74) is 0. The van der Waals surface area contributed by atoms with Gasteiger partial charge in [-0.05, 0) is 49.9 Å². The Balaban J connectivity index is 1.55. The lowest BCUT2D eigenvalue weighted by Crippen LogP contribution is -2.49. The van der Waals surface area contributed by atoms with Crippen LogP contribution in [0, 0.1) is 0 Å². The Labute approximate surface area is 160 Å². The minimum Gasteiger partial charge on any atom is -0.491 e. The molecule has 2 saturated carbocycles. The second-order valence-corrected chi connectivity index (χ2v) is 8.61. The van der Waals surface area contributed by atoms with Gasteiger partial charge in [0, 0.05) is 23.1 Å². The lowest BCUT2D eigenvalue weighted by Gasteiger charge is -2.42. The van der Waals surface area contributed by atoms with Crippen LogP contribution in [0.5, 0.6) is 5.75 Å². The standard InChI is InChI=1S/C21H32BrNO2/c22-17-11-13-21(14-12-17)25-16-20(24)15-23(18-7-3-1-4-8-18)19-9-5-2-6-10-19/h11-14,18-20,24H,1-10,15-16H2. The second-order valence-electron chi connectivity index (χ2n) is 7.70. The molecule has 1 N–H and O–H groups in total. The zero-order valence-corrected chi connectivity index (χ0v) is 16.8. The number of ether oxygens (including phenoxy) is 1. The molecule has 0 aliphatic heterocycles. The molecule has 0 bridgehead atoms. The van der Waals surface area contributed by atoms with Gasteiger partial charge in [0.05, 0.1) is 0 Å². The molecule has 0 saturated heterocycles. The summed E-state index contributed by atoms with van der Waals surface area (Å²) >= 11 is 3.43. The molecule has 0 radical (unpaired) electrons. The number of hydrogen-bond acceptors (Lipinski definition) is 3. The van der Waals surface area contributed by atoms with Gasteiger partial charge in [0.15, 0.2) is 0 Å². The molecule has 1 atom stereocenters. The zero-order chi connectivity index (χ0) is 17.5. The number of aliphatic hydroxyl groups is 1. The van der Waals surface area contributed by atoms with Gasteiger partial charge in [0.1, 0.15) is 18.5 Å². The summed E-state index contributed by atoms with van der Waals surface area (Å²) in [7, 11) is 0. The van der Waals surface area contributed by atoms with E-state index in [0.29, 0.717) is 18.7 Å². The van der Waals surface area contributed by atoms with Crippen LogP contribution < -0.4 is 4.74 Å². The van der Waals surface area contributed by atoms with Crippen molar-refractivity contribution in [2.45, 2.75) is 82.4 Å². The monoisotopic (exact) mass is 409 g/mol. The molecule has 0 amide bonds. The van der Waals surface area contributed by atoms with Crippen LogP contribution >= 0.6 is 15.9 Å². The van der Waals surface area contributed by atoms with E-state index in [-0.39, 0.29) is 0 Å². The largest absolute Gasteiger partial charge is 0.491 e. The normalized spacial score (nSPS) is 21.4. The van der Waals surface area contributed by atoms with E-state index in [2.05, 4.69) is 20.8 Å². The van der Waals surface area contributed by atoms with Gasteiger partial charge >= 0.3 is 0 Å². The van der Waals surface area contributed by atoms with Crippen LogP contribution in [0.4, 0.5) is 0 Å². The number of benzene rings is 1. The number of halogens is 1. The maximum absolute atomic E-state index is 10.6. The average molecular weight is 410 g/mol. The molecule has 4 heteroatoms. The topological polar surface area (TPSA) is 32.7 Å². The van der Waals surface area contributed by atoms with Gasteiger partial charge in [-0.15, -0.1) is 0 Å². The van der Waals surface area contributed by atoms with Crippen molar-refractivity contribution in [3.05, 3.63) is 28.7 Å². The van der Waals surface area contributed by atoms with Crippen LogP contribution in [0.25, 0.3) is 0 Å². The molecule has 1 aromatic carbocycles. The Morgan fingerprint density at radius 2 is 1.44 bits per heavy atom. The molecule has 140 valence electrons. The first-order valence-electron chi connectivity index (χ1n) is 10.0. The Morgan fingerprint density at radius 1 is 0.920 bits per heavy atom. The fraction of sp³-hybridized carbons (Fsp3) is 0.714. The maximum Gasteiger partial charge on any atom is 0.119 e. The highest BCUT2D eigenvalue weighted by Gasteiger charge is 2.30. The molecule has 2 fully saturated rings. The van der Waals surface area contributed by atoms with E-state index < -0.39 is 6.10 Å². The molecule has 2 aliphatic rings. The third kappa shape index (κ3) is 5.97.